The van der Waals surface area contributed by atoms with Crippen LogP contribution >= 0.6 is 11.6 Å². The molecule has 0 saturated carbocycles. The highest BCUT2D eigenvalue weighted by Crippen LogP contribution is 2.36. The molecule has 0 spiro atoms. The fraction of sp³-hybridized carbons (Fsp3) is 0.450. The highest BCUT2D eigenvalue weighted by Gasteiger charge is 2.22. The lowest BCUT2D eigenvalue weighted by atomic mass is 10.2. The number of hydrogen-bond donors (Lipinski definition) is 0. The molecule has 1 heterocycles. The van der Waals surface area contributed by atoms with E-state index in [9.17, 15) is 14.4 Å². The van der Waals surface area contributed by atoms with E-state index in [1.165, 1.54) is 26.2 Å². The van der Waals surface area contributed by atoms with E-state index in [2.05, 4.69) is 0 Å². The van der Waals surface area contributed by atoms with Gasteiger partial charge >= 0.3 is 5.97 Å². The van der Waals surface area contributed by atoms with Crippen LogP contribution in [0.1, 0.15) is 19.4 Å². The smallest absolute Gasteiger partial charge is 0.331 e. The Bertz CT molecular complexity index is 787. The summed E-state index contributed by atoms with van der Waals surface area (Å²) in [5, 5.41) is 0.360. The van der Waals surface area contributed by atoms with Crippen LogP contribution in [0.3, 0.4) is 0 Å². The van der Waals surface area contributed by atoms with Crippen LogP contribution in [0.25, 0.3) is 6.08 Å². The molecule has 0 N–H and O–H groups in total. The van der Waals surface area contributed by atoms with Gasteiger partial charge in [0.25, 0.3) is 5.91 Å². The number of hydrogen-bond acceptors (Lipinski definition) is 6. The molecule has 9 heteroatoms. The van der Waals surface area contributed by atoms with Crippen LogP contribution in [0.15, 0.2) is 18.2 Å². The maximum absolute atomic E-state index is 12.2. The van der Waals surface area contributed by atoms with Gasteiger partial charge in [0, 0.05) is 39.2 Å². The van der Waals surface area contributed by atoms with Crippen molar-refractivity contribution in [3.05, 3.63) is 28.8 Å². The van der Waals surface area contributed by atoms with Gasteiger partial charge in [0.1, 0.15) is 0 Å². The average Bonchev–Trinajstić information content (AvgIpc) is 2.72. The number of ether oxygens (including phenoxy) is 3. The Morgan fingerprint density at radius 3 is 2.38 bits per heavy atom. The van der Waals surface area contributed by atoms with Crippen molar-refractivity contribution < 1.29 is 28.6 Å². The summed E-state index contributed by atoms with van der Waals surface area (Å²) in [4.78, 5) is 38.7. The van der Waals surface area contributed by atoms with Crippen LogP contribution in [-0.2, 0) is 19.1 Å². The van der Waals surface area contributed by atoms with Gasteiger partial charge in [0.15, 0.2) is 18.1 Å². The zero-order valence-electron chi connectivity index (χ0n) is 16.8. The molecule has 0 aromatic heterocycles. The Morgan fingerprint density at radius 1 is 1.14 bits per heavy atom. The van der Waals surface area contributed by atoms with Gasteiger partial charge in [-0.1, -0.05) is 11.6 Å². The van der Waals surface area contributed by atoms with Gasteiger partial charge in [-0.3, -0.25) is 9.59 Å². The number of carbonyl (C=O) groups is 3. The fourth-order valence-corrected chi connectivity index (χ4v) is 3.10. The van der Waals surface area contributed by atoms with Gasteiger partial charge in [0.2, 0.25) is 5.91 Å². The van der Waals surface area contributed by atoms with Crippen molar-refractivity contribution in [1.82, 2.24) is 9.80 Å². The Labute approximate surface area is 174 Å². The zero-order chi connectivity index (χ0) is 21.4. The molecular weight excluding hydrogens is 400 g/mol. The van der Waals surface area contributed by atoms with Crippen molar-refractivity contribution in [2.24, 2.45) is 0 Å². The number of methoxy groups -OCH3 is 1. The first-order valence-corrected chi connectivity index (χ1v) is 9.62. The third-order valence-corrected chi connectivity index (χ3v) is 4.65. The average molecular weight is 425 g/mol. The number of halogens is 1. The monoisotopic (exact) mass is 424 g/mol. The van der Waals surface area contributed by atoms with E-state index in [1.54, 1.807) is 21.9 Å². The summed E-state index contributed by atoms with van der Waals surface area (Å²) in [6.07, 6.45) is 2.73. The van der Waals surface area contributed by atoms with Crippen molar-refractivity contribution in [3.63, 3.8) is 0 Å². The molecule has 0 atom stereocenters. The van der Waals surface area contributed by atoms with Crippen molar-refractivity contribution >= 4 is 35.5 Å². The second-order valence-electron chi connectivity index (χ2n) is 6.30. The molecule has 1 fully saturated rings. The Hall–Kier alpha value is -2.74. The Morgan fingerprint density at radius 2 is 1.79 bits per heavy atom. The first kappa shape index (κ1) is 22.5. The summed E-state index contributed by atoms with van der Waals surface area (Å²) in [6, 6.07) is 3.32. The third kappa shape index (κ3) is 6.39. The maximum Gasteiger partial charge on any atom is 0.331 e. The highest BCUT2D eigenvalue weighted by atomic mass is 35.5. The quantitative estimate of drug-likeness (QED) is 0.491. The maximum atomic E-state index is 12.2. The Kier molecular flexibility index (Phi) is 8.33. The zero-order valence-corrected chi connectivity index (χ0v) is 17.5. The van der Waals surface area contributed by atoms with Crippen molar-refractivity contribution in [1.29, 1.82) is 0 Å². The predicted molar refractivity (Wildman–Crippen MR) is 108 cm³/mol. The lowest BCUT2D eigenvalue weighted by Crippen LogP contribution is -2.51. The molecule has 158 valence electrons. The minimum Gasteiger partial charge on any atom is -0.493 e. The van der Waals surface area contributed by atoms with E-state index in [0.717, 1.165) is 0 Å². The molecule has 1 aromatic carbocycles. The molecule has 0 bridgehead atoms. The van der Waals surface area contributed by atoms with Gasteiger partial charge in [-0.25, -0.2) is 4.79 Å². The second-order valence-corrected chi connectivity index (χ2v) is 6.70. The molecule has 1 saturated heterocycles. The van der Waals surface area contributed by atoms with Crippen molar-refractivity contribution in [2.75, 3.05) is 46.5 Å². The van der Waals surface area contributed by atoms with Gasteiger partial charge in [-0.2, -0.15) is 0 Å². The summed E-state index contributed by atoms with van der Waals surface area (Å²) in [7, 11) is 1.50. The minimum atomic E-state index is -0.648. The van der Waals surface area contributed by atoms with E-state index in [-0.39, 0.29) is 18.4 Å². The topological polar surface area (TPSA) is 85.4 Å². The standard InChI is InChI=1S/C20H25ClN2O6/c1-4-28-20-16(21)11-15(12-17(20)27-3)5-6-19(26)29-13-18(25)23-9-7-22(8-10-23)14(2)24/h5-6,11-12H,4,7-10,13H2,1-3H3/b6-5+. The van der Waals surface area contributed by atoms with Crippen LogP contribution in [0.4, 0.5) is 0 Å². The highest BCUT2D eigenvalue weighted by molar-refractivity contribution is 6.32. The molecule has 0 unspecified atom stereocenters. The molecule has 2 amide bonds. The SMILES string of the molecule is CCOc1c(Cl)cc(/C=C/C(=O)OCC(=O)N2CCN(C(C)=O)CC2)cc1OC. The lowest BCUT2D eigenvalue weighted by Gasteiger charge is -2.34. The number of nitrogens with zero attached hydrogens (tertiary/aromatic N) is 2. The minimum absolute atomic E-state index is 0.0142. The fourth-order valence-electron chi connectivity index (χ4n) is 2.83. The molecule has 8 nitrogen and oxygen atoms in total. The molecule has 2 rings (SSSR count). The number of rotatable bonds is 7. The number of carbonyl (C=O) groups excluding carboxylic acids is 3. The number of amides is 2. The van der Waals surface area contributed by atoms with Crippen LogP contribution in [0.5, 0.6) is 11.5 Å². The van der Waals surface area contributed by atoms with Crippen LogP contribution < -0.4 is 9.47 Å². The molecule has 1 aliphatic heterocycles. The van der Waals surface area contributed by atoms with Gasteiger partial charge in [0.05, 0.1) is 18.7 Å². The lowest BCUT2D eigenvalue weighted by molar-refractivity contribution is -0.149. The summed E-state index contributed by atoms with van der Waals surface area (Å²) in [6.45, 7) is 5.24. The van der Waals surface area contributed by atoms with Crippen molar-refractivity contribution in [2.45, 2.75) is 13.8 Å². The number of piperazine rings is 1. The van der Waals surface area contributed by atoms with Gasteiger partial charge < -0.3 is 24.0 Å². The number of esters is 1. The van der Waals surface area contributed by atoms with E-state index in [4.69, 9.17) is 25.8 Å². The summed E-state index contributed by atoms with van der Waals surface area (Å²) in [5.41, 5.74) is 0.624. The van der Waals surface area contributed by atoms with E-state index < -0.39 is 5.97 Å². The summed E-state index contributed by atoms with van der Waals surface area (Å²) < 4.78 is 15.7. The van der Waals surface area contributed by atoms with Gasteiger partial charge in [-0.15, -0.1) is 0 Å². The largest absolute Gasteiger partial charge is 0.493 e. The molecule has 29 heavy (non-hydrogen) atoms. The Balaban J connectivity index is 1.87. The number of benzene rings is 1. The molecular formula is C20H25ClN2O6. The van der Waals surface area contributed by atoms with E-state index in [0.29, 0.717) is 54.9 Å². The van der Waals surface area contributed by atoms with E-state index in [1.807, 2.05) is 6.92 Å². The van der Waals surface area contributed by atoms with Crippen LogP contribution in [0, 0.1) is 0 Å². The first-order chi connectivity index (χ1) is 13.8. The van der Waals surface area contributed by atoms with Crippen LogP contribution in [-0.4, -0.2) is 74.1 Å². The van der Waals surface area contributed by atoms with E-state index >= 15 is 0 Å². The predicted octanol–water partition coefficient (Wildman–Crippen LogP) is 1.99. The molecule has 0 radical (unpaired) electrons. The second kappa shape index (κ2) is 10.7. The van der Waals surface area contributed by atoms with Crippen molar-refractivity contribution in [3.8, 4) is 11.5 Å². The molecule has 0 aliphatic carbocycles. The van der Waals surface area contributed by atoms with Crippen LogP contribution in [0.2, 0.25) is 5.02 Å². The normalized spacial score (nSPS) is 14.1. The molecule has 1 aromatic rings. The third-order valence-electron chi connectivity index (χ3n) is 4.37. The summed E-state index contributed by atoms with van der Waals surface area (Å²) in [5.74, 6) is -0.0655. The summed E-state index contributed by atoms with van der Waals surface area (Å²) >= 11 is 6.20. The van der Waals surface area contributed by atoms with Gasteiger partial charge in [-0.05, 0) is 30.7 Å². The first-order valence-electron chi connectivity index (χ1n) is 9.24. The molecule has 1 aliphatic rings.